The van der Waals surface area contributed by atoms with Crippen LogP contribution in [0.4, 0.5) is 0 Å². The normalized spacial score (nSPS) is 17.9. The number of piperidine rings is 1. The van der Waals surface area contributed by atoms with Gasteiger partial charge in [0.2, 0.25) is 0 Å². The molecule has 3 rings (SSSR count). The summed E-state index contributed by atoms with van der Waals surface area (Å²) in [6.45, 7) is 9.78. The highest BCUT2D eigenvalue weighted by atomic mass is 32.1. The molecule has 1 aliphatic rings. The Balaban J connectivity index is 1.77. The Morgan fingerprint density at radius 2 is 1.96 bits per heavy atom. The van der Waals surface area contributed by atoms with Crippen molar-refractivity contribution in [2.75, 3.05) is 19.6 Å². The van der Waals surface area contributed by atoms with Gasteiger partial charge in [-0.05, 0) is 69.4 Å². The quantitative estimate of drug-likeness (QED) is 0.888. The van der Waals surface area contributed by atoms with Gasteiger partial charge in [0.1, 0.15) is 0 Å². The summed E-state index contributed by atoms with van der Waals surface area (Å²) in [5, 5.41) is 1.38. The van der Waals surface area contributed by atoms with Crippen molar-refractivity contribution in [2.24, 2.45) is 5.73 Å². The van der Waals surface area contributed by atoms with Crippen molar-refractivity contribution in [3.63, 3.8) is 0 Å². The van der Waals surface area contributed by atoms with Crippen LogP contribution in [0, 0.1) is 6.92 Å². The molecule has 0 saturated carbocycles. The minimum absolute atomic E-state index is 0.200. The maximum Gasteiger partial charge on any atom is 0.0652 e. The highest BCUT2D eigenvalue weighted by Crippen LogP contribution is 2.37. The zero-order valence-corrected chi connectivity index (χ0v) is 15.5. The predicted octanol–water partition coefficient (Wildman–Crippen LogP) is 4.30. The Labute approximate surface area is 144 Å². The summed E-state index contributed by atoms with van der Waals surface area (Å²) < 4.78 is 6.13. The van der Waals surface area contributed by atoms with Crippen LogP contribution < -0.4 is 5.73 Å². The molecule has 1 saturated heterocycles. The van der Waals surface area contributed by atoms with Gasteiger partial charge >= 0.3 is 0 Å². The lowest BCUT2D eigenvalue weighted by atomic mass is 9.85. The fourth-order valence-corrected chi connectivity index (χ4v) is 4.94. The van der Waals surface area contributed by atoms with Crippen molar-refractivity contribution in [1.82, 2.24) is 9.27 Å². The number of fused-ring (bicyclic) bond motifs is 1. The summed E-state index contributed by atoms with van der Waals surface area (Å²) in [5.41, 5.74) is 8.99. The van der Waals surface area contributed by atoms with Crippen molar-refractivity contribution >= 4 is 21.6 Å². The molecule has 2 N–H and O–H groups in total. The molecular weight excluding hydrogens is 302 g/mol. The van der Waals surface area contributed by atoms with E-state index in [0.29, 0.717) is 5.92 Å². The topological polar surface area (TPSA) is 42.1 Å². The maximum absolute atomic E-state index is 6.13. The van der Waals surface area contributed by atoms with Crippen molar-refractivity contribution in [1.29, 1.82) is 0 Å². The molecule has 126 valence electrons. The van der Waals surface area contributed by atoms with Gasteiger partial charge in [0.25, 0.3) is 0 Å². The first-order valence-electron chi connectivity index (χ1n) is 8.94. The molecular formula is C19H29N3S. The van der Waals surface area contributed by atoms with Crippen molar-refractivity contribution in [3.05, 3.63) is 29.5 Å². The second kappa shape index (κ2) is 6.88. The van der Waals surface area contributed by atoms with E-state index in [1.165, 1.54) is 34.2 Å². The minimum atomic E-state index is 0.200. The smallest absolute Gasteiger partial charge is 0.0652 e. The van der Waals surface area contributed by atoms with Crippen LogP contribution in [-0.4, -0.2) is 34.4 Å². The van der Waals surface area contributed by atoms with E-state index in [1.54, 1.807) is 11.5 Å². The van der Waals surface area contributed by atoms with Gasteiger partial charge in [-0.15, -0.1) is 0 Å². The molecule has 2 aromatic rings. The predicted molar refractivity (Wildman–Crippen MR) is 100 cm³/mol. The molecule has 1 fully saturated rings. The number of rotatable bonds is 5. The van der Waals surface area contributed by atoms with Crippen molar-refractivity contribution < 1.29 is 0 Å². The Morgan fingerprint density at radius 3 is 2.57 bits per heavy atom. The molecule has 3 nitrogen and oxygen atoms in total. The van der Waals surface area contributed by atoms with Crippen molar-refractivity contribution in [2.45, 2.75) is 57.9 Å². The van der Waals surface area contributed by atoms with E-state index < -0.39 is 0 Å². The number of aryl methyl sites for hydroxylation is 1. The van der Waals surface area contributed by atoms with E-state index in [9.17, 15) is 0 Å². The molecule has 0 spiro atoms. The second-order valence-electron chi connectivity index (χ2n) is 6.96. The summed E-state index contributed by atoms with van der Waals surface area (Å²) in [6.07, 6.45) is 4.69. The molecule has 0 amide bonds. The zero-order valence-electron chi connectivity index (χ0n) is 14.6. The Morgan fingerprint density at radius 1 is 1.26 bits per heavy atom. The maximum atomic E-state index is 6.13. The molecule has 1 aromatic carbocycles. The average Bonchev–Trinajstić information content (AvgIpc) is 3.00. The van der Waals surface area contributed by atoms with E-state index >= 15 is 0 Å². The standard InChI is InChI=1S/C19H29N3S/c1-4-19(5-2,13-20)22-10-8-15(9-11-22)18-16-12-14(3)6-7-17(16)23-21-18/h6-7,12,15H,4-5,8-11,13,20H2,1-3H3. The van der Waals surface area contributed by atoms with Gasteiger partial charge in [-0.1, -0.05) is 25.5 Å². The third-order valence-corrected chi connectivity index (χ3v) is 6.74. The lowest BCUT2D eigenvalue weighted by molar-refractivity contribution is 0.0586. The number of hydrogen-bond acceptors (Lipinski definition) is 4. The number of nitrogens with zero attached hydrogens (tertiary/aromatic N) is 2. The minimum Gasteiger partial charge on any atom is -0.329 e. The van der Waals surface area contributed by atoms with Gasteiger partial charge in [0.15, 0.2) is 0 Å². The SMILES string of the molecule is CCC(CC)(CN)N1CCC(c2nsc3ccc(C)cc23)CC1. The Hall–Kier alpha value is -0.970. The highest BCUT2D eigenvalue weighted by molar-refractivity contribution is 7.13. The molecule has 0 bridgehead atoms. The molecule has 0 unspecified atom stereocenters. The molecule has 2 heterocycles. The van der Waals surface area contributed by atoms with Gasteiger partial charge in [-0.25, -0.2) is 0 Å². The third-order valence-electron chi connectivity index (χ3n) is 5.90. The van der Waals surface area contributed by atoms with Gasteiger partial charge < -0.3 is 5.73 Å². The highest BCUT2D eigenvalue weighted by Gasteiger charge is 2.35. The van der Waals surface area contributed by atoms with Crippen LogP contribution in [0.1, 0.15) is 56.7 Å². The molecule has 1 aliphatic heterocycles. The van der Waals surface area contributed by atoms with Crippen LogP contribution in [0.5, 0.6) is 0 Å². The van der Waals surface area contributed by atoms with Gasteiger partial charge in [-0.2, -0.15) is 4.37 Å². The summed E-state index contributed by atoms with van der Waals surface area (Å²) in [5.74, 6) is 0.603. The Kier molecular flexibility index (Phi) is 5.04. The van der Waals surface area contributed by atoms with Gasteiger partial charge in [0, 0.05) is 23.4 Å². The molecule has 0 aliphatic carbocycles. The number of nitrogens with two attached hydrogens (primary N) is 1. The monoisotopic (exact) mass is 331 g/mol. The molecule has 23 heavy (non-hydrogen) atoms. The molecule has 1 aromatic heterocycles. The number of aromatic nitrogens is 1. The average molecular weight is 332 g/mol. The van der Waals surface area contributed by atoms with Crippen LogP contribution in [0.2, 0.25) is 0 Å². The fourth-order valence-electron chi connectivity index (χ4n) is 4.11. The Bertz CT molecular complexity index is 643. The van der Waals surface area contributed by atoms with E-state index in [2.05, 4.69) is 43.9 Å². The molecule has 0 atom stereocenters. The molecule has 4 heteroatoms. The van der Waals surface area contributed by atoms with Crippen molar-refractivity contribution in [3.8, 4) is 0 Å². The largest absolute Gasteiger partial charge is 0.329 e. The first-order valence-corrected chi connectivity index (χ1v) is 9.72. The van der Waals surface area contributed by atoms with Crippen LogP contribution in [0.15, 0.2) is 18.2 Å². The number of benzene rings is 1. The van der Waals surface area contributed by atoms with E-state index in [4.69, 9.17) is 10.1 Å². The van der Waals surface area contributed by atoms with E-state index in [1.807, 2.05) is 0 Å². The summed E-state index contributed by atoms with van der Waals surface area (Å²) in [7, 11) is 0. The third kappa shape index (κ3) is 3.04. The lowest BCUT2D eigenvalue weighted by Gasteiger charge is -2.46. The zero-order chi connectivity index (χ0) is 16.4. The van der Waals surface area contributed by atoms with Gasteiger partial charge in [0.05, 0.1) is 10.4 Å². The first kappa shape index (κ1) is 16.9. The van der Waals surface area contributed by atoms with Crippen LogP contribution in [0.3, 0.4) is 0 Å². The van der Waals surface area contributed by atoms with E-state index in [0.717, 1.165) is 32.5 Å². The fraction of sp³-hybridized carbons (Fsp3) is 0.632. The summed E-state index contributed by atoms with van der Waals surface area (Å²) in [4.78, 5) is 2.64. The van der Waals surface area contributed by atoms with Crippen LogP contribution in [0.25, 0.3) is 10.1 Å². The van der Waals surface area contributed by atoms with Gasteiger partial charge in [-0.3, -0.25) is 4.90 Å². The number of likely N-dealkylation sites (tertiary alicyclic amines) is 1. The summed E-state index contributed by atoms with van der Waals surface area (Å²) >= 11 is 1.65. The number of hydrogen-bond donors (Lipinski definition) is 1. The molecule has 0 radical (unpaired) electrons. The second-order valence-corrected chi connectivity index (χ2v) is 7.77. The lowest BCUT2D eigenvalue weighted by Crippen LogP contribution is -2.55. The van der Waals surface area contributed by atoms with E-state index in [-0.39, 0.29) is 5.54 Å². The van der Waals surface area contributed by atoms with Crippen LogP contribution >= 0.6 is 11.5 Å². The summed E-state index contributed by atoms with van der Waals surface area (Å²) in [6, 6.07) is 6.71. The van der Waals surface area contributed by atoms with Crippen LogP contribution in [-0.2, 0) is 0 Å². The first-order chi connectivity index (χ1) is 11.1.